The van der Waals surface area contributed by atoms with Gasteiger partial charge in [0, 0.05) is 28.4 Å². The van der Waals surface area contributed by atoms with Crippen molar-refractivity contribution in [2.75, 3.05) is 0 Å². The van der Waals surface area contributed by atoms with E-state index in [4.69, 9.17) is 9.47 Å². The van der Waals surface area contributed by atoms with Gasteiger partial charge in [-0.25, -0.2) is 9.37 Å². The predicted octanol–water partition coefficient (Wildman–Crippen LogP) is 4.72. The van der Waals surface area contributed by atoms with E-state index in [1.165, 1.54) is 36.7 Å². The van der Waals surface area contributed by atoms with Gasteiger partial charge in [0.15, 0.2) is 0 Å². The molecule has 1 atom stereocenters. The second-order valence-corrected chi connectivity index (χ2v) is 7.73. The lowest BCUT2D eigenvalue weighted by molar-refractivity contribution is -0.112. The molecule has 0 radical (unpaired) electrons. The first kappa shape index (κ1) is 16.8. The fourth-order valence-electron chi connectivity index (χ4n) is 3.16. The quantitative estimate of drug-likeness (QED) is 0.646. The van der Waals surface area contributed by atoms with E-state index in [-0.39, 0.29) is 5.82 Å². The molecule has 0 saturated heterocycles. The van der Waals surface area contributed by atoms with Gasteiger partial charge in [0.05, 0.1) is 6.61 Å². The van der Waals surface area contributed by atoms with Gasteiger partial charge in [-0.3, -0.25) is 5.10 Å². The van der Waals surface area contributed by atoms with Gasteiger partial charge in [0.1, 0.15) is 17.4 Å². The van der Waals surface area contributed by atoms with Gasteiger partial charge in [-0.15, -0.1) is 5.10 Å². The first-order valence-electron chi connectivity index (χ1n) is 8.96. The zero-order chi connectivity index (χ0) is 18.2. The number of hydrogen-bond acceptors (Lipinski definition) is 5. The highest BCUT2D eigenvalue weighted by atomic mass is 32.2. The number of ether oxygens (including phenoxy) is 2. The van der Waals surface area contributed by atoms with Crippen LogP contribution in [0.5, 0.6) is 5.75 Å². The van der Waals surface area contributed by atoms with Crippen molar-refractivity contribution in [3.05, 3.63) is 70.8 Å². The first-order valence-corrected chi connectivity index (χ1v) is 9.94. The summed E-state index contributed by atoms with van der Waals surface area (Å²) in [4.78, 5) is 4.52. The van der Waals surface area contributed by atoms with Gasteiger partial charge in [-0.1, -0.05) is 42.1 Å². The Kier molecular flexibility index (Phi) is 4.33. The first-order chi connectivity index (χ1) is 13.3. The second-order valence-electron chi connectivity index (χ2n) is 6.79. The van der Waals surface area contributed by atoms with Crippen molar-refractivity contribution < 1.29 is 13.9 Å². The van der Waals surface area contributed by atoms with Crippen LogP contribution in [0.4, 0.5) is 4.39 Å². The van der Waals surface area contributed by atoms with Crippen molar-refractivity contribution in [3.63, 3.8) is 0 Å². The van der Waals surface area contributed by atoms with Crippen molar-refractivity contribution in [3.8, 4) is 5.75 Å². The molecule has 2 aliphatic rings. The Hall–Kier alpha value is -2.38. The number of aromatic nitrogens is 3. The highest BCUT2D eigenvalue weighted by Crippen LogP contribution is 2.40. The normalized spacial score (nSPS) is 18.8. The lowest BCUT2D eigenvalue weighted by atomic mass is 10.1. The number of benzene rings is 2. The minimum atomic E-state index is -0.488. The van der Waals surface area contributed by atoms with Gasteiger partial charge in [-0.05, 0) is 25.0 Å². The fourth-order valence-corrected chi connectivity index (χ4v) is 3.94. The third-order valence-electron chi connectivity index (χ3n) is 4.70. The Morgan fingerprint density at radius 2 is 2.04 bits per heavy atom. The lowest BCUT2D eigenvalue weighted by Crippen LogP contribution is -2.19. The molecule has 0 bridgehead atoms. The van der Waals surface area contributed by atoms with Crippen LogP contribution in [0.2, 0.25) is 0 Å². The van der Waals surface area contributed by atoms with E-state index in [2.05, 4.69) is 15.2 Å². The molecule has 0 amide bonds. The van der Waals surface area contributed by atoms with Crippen LogP contribution in [0.15, 0.2) is 47.6 Å². The number of thioether (sulfide) groups is 1. The van der Waals surface area contributed by atoms with Crippen molar-refractivity contribution >= 4 is 11.8 Å². The van der Waals surface area contributed by atoms with Crippen LogP contribution in [0.25, 0.3) is 0 Å². The molecule has 1 aromatic heterocycles. The predicted molar refractivity (Wildman–Crippen MR) is 98.9 cm³/mol. The molecule has 7 heteroatoms. The van der Waals surface area contributed by atoms with E-state index >= 15 is 0 Å². The largest absolute Gasteiger partial charge is 0.460 e. The highest BCUT2D eigenvalue weighted by molar-refractivity contribution is 7.98. The number of fused-ring (bicyclic) bond motifs is 1. The maximum Gasteiger partial charge on any atom is 0.227 e. The second kappa shape index (κ2) is 6.98. The summed E-state index contributed by atoms with van der Waals surface area (Å²) in [5, 5.41) is 7.94. The summed E-state index contributed by atoms with van der Waals surface area (Å²) < 4.78 is 25.9. The maximum atomic E-state index is 14.1. The summed E-state index contributed by atoms with van der Waals surface area (Å²) in [6.07, 6.45) is 1.86. The molecule has 0 spiro atoms. The molecule has 1 aliphatic heterocycles. The molecular weight excluding hydrogens is 365 g/mol. The molecule has 5 nitrogen and oxygen atoms in total. The summed E-state index contributed by atoms with van der Waals surface area (Å²) in [6.45, 7) is 0.316. The van der Waals surface area contributed by atoms with Crippen molar-refractivity contribution in [1.29, 1.82) is 0 Å². The summed E-state index contributed by atoms with van der Waals surface area (Å²) in [5.41, 5.74) is 2.46. The number of halogens is 1. The number of H-pyrrole nitrogens is 1. The summed E-state index contributed by atoms with van der Waals surface area (Å²) in [7, 11) is 0. The Morgan fingerprint density at radius 1 is 1.19 bits per heavy atom. The Morgan fingerprint density at radius 3 is 2.85 bits per heavy atom. The van der Waals surface area contributed by atoms with E-state index in [9.17, 15) is 4.39 Å². The average molecular weight is 383 g/mol. The summed E-state index contributed by atoms with van der Waals surface area (Å²) in [6, 6.07) is 12.8. The van der Waals surface area contributed by atoms with Crippen LogP contribution in [0, 0.1) is 5.82 Å². The molecule has 1 unspecified atom stereocenters. The van der Waals surface area contributed by atoms with Gasteiger partial charge < -0.3 is 9.47 Å². The Balaban J connectivity index is 1.37. The van der Waals surface area contributed by atoms with E-state index in [0.29, 0.717) is 29.2 Å². The third-order valence-corrected chi connectivity index (χ3v) is 5.59. The van der Waals surface area contributed by atoms with Crippen molar-refractivity contribution in [1.82, 2.24) is 15.2 Å². The molecule has 1 aliphatic carbocycles. The lowest BCUT2D eigenvalue weighted by Gasteiger charge is -2.28. The topological polar surface area (TPSA) is 60.0 Å². The van der Waals surface area contributed by atoms with Crippen LogP contribution in [-0.4, -0.2) is 15.2 Å². The van der Waals surface area contributed by atoms with E-state index in [1.807, 2.05) is 30.3 Å². The third kappa shape index (κ3) is 3.57. The van der Waals surface area contributed by atoms with Gasteiger partial charge in [0.25, 0.3) is 0 Å². The summed E-state index contributed by atoms with van der Waals surface area (Å²) in [5.74, 6) is 2.42. The van der Waals surface area contributed by atoms with Gasteiger partial charge >= 0.3 is 0 Å². The monoisotopic (exact) mass is 383 g/mol. The molecule has 1 saturated carbocycles. The molecule has 5 rings (SSSR count). The Bertz CT molecular complexity index is 959. The van der Waals surface area contributed by atoms with Gasteiger partial charge in [-0.2, -0.15) is 0 Å². The highest BCUT2D eigenvalue weighted by Gasteiger charge is 2.28. The van der Waals surface area contributed by atoms with Crippen LogP contribution in [-0.2, 0) is 17.1 Å². The standard InChI is InChI=1S/C20H18FN3O2S/c21-16-8-14-10-25-19(13-4-2-1-3-5-13)26-17(14)15(9-16)11-27-20-22-18(23-24-20)12-6-7-12/h1-5,8-9,12,19H,6-7,10-11H2,(H,22,23,24). The minimum absolute atomic E-state index is 0.289. The molecule has 27 heavy (non-hydrogen) atoms. The molecule has 1 N–H and O–H groups in total. The van der Waals surface area contributed by atoms with Crippen LogP contribution in [0.1, 0.15) is 47.6 Å². The number of nitrogens with one attached hydrogen (secondary N) is 1. The fraction of sp³-hybridized carbons (Fsp3) is 0.300. The smallest absolute Gasteiger partial charge is 0.227 e. The molecule has 2 aromatic carbocycles. The van der Waals surface area contributed by atoms with Crippen molar-refractivity contribution in [2.24, 2.45) is 0 Å². The average Bonchev–Trinajstić information content (AvgIpc) is 3.44. The van der Waals surface area contributed by atoms with Gasteiger partial charge in [0.2, 0.25) is 11.4 Å². The number of hydrogen-bond donors (Lipinski definition) is 1. The van der Waals surface area contributed by atoms with E-state index < -0.39 is 6.29 Å². The number of nitrogens with zero attached hydrogens (tertiary/aromatic N) is 2. The zero-order valence-electron chi connectivity index (χ0n) is 14.5. The molecule has 3 aromatic rings. The number of aromatic amines is 1. The minimum Gasteiger partial charge on any atom is -0.460 e. The van der Waals surface area contributed by atoms with Crippen LogP contribution >= 0.6 is 11.8 Å². The molecular formula is C20H18FN3O2S. The Labute approximate surface area is 160 Å². The van der Waals surface area contributed by atoms with E-state index in [1.54, 1.807) is 0 Å². The maximum absolute atomic E-state index is 14.1. The molecule has 2 heterocycles. The van der Waals surface area contributed by atoms with Crippen molar-refractivity contribution in [2.45, 2.75) is 42.6 Å². The van der Waals surface area contributed by atoms with Crippen LogP contribution in [0.3, 0.4) is 0 Å². The van der Waals surface area contributed by atoms with Crippen LogP contribution < -0.4 is 4.74 Å². The zero-order valence-corrected chi connectivity index (χ0v) is 15.3. The molecule has 138 valence electrons. The number of rotatable bonds is 5. The molecule has 1 fully saturated rings. The summed E-state index contributed by atoms with van der Waals surface area (Å²) >= 11 is 1.48. The SMILES string of the molecule is Fc1cc2c(c(CSc3n[nH]c(C4CC4)n3)c1)OC(c1ccccc1)OC2. The van der Waals surface area contributed by atoms with E-state index in [0.717, 1.165) is 22.5 Å².